The molecule has 0 bridgehead atoms. The number of hydrogen-bond donors (Lipinski definition) is 1. The Hall–Kier alpha value is -1.42. The summed E-state index contributed by atoms with van der Waals surface area (Å²) in [6, 6.07) is 20.9. The largest absolute Gasteiger partial charge is 0.408 e. The summed E-state index contributed by atoms with van der Waals surface area (Å²) in [4.78, 5) is 0. The van der Waals surface area contributed by atoms with Gasteiger partial charge in [-0.3, -0.25) is 0 Å². The van der Waals surface area contributed by atoms with Crippen LogP contribution >= 0.6 is 0 Å². The summed E-state index contributed by atoms with van der Waals surface area (Å²) < 4.78 is 5.52. The molecular weight excluding hydrogens is 226 g/mol. The minimum atomic E-state index is -0.839. The molecule has 2 nitrogen and oxygen atoms in total. The summed E-state index contributed by atoms with van der Waals surface area (Å²) in [6.45, 7) is 0.677. The van der Waals surface area contributed by atoms with E-state index in [0.717, 1.165) is 0 Å². The van der Waals surface area contributed by atoms with E-state index in [9.17, 15) is 0 Å². The molecule has 0 saturated carbocycles. The Bertz CT molecular complexity index is 393. The van der Waals surface area contributed by atoms with Crippen LogP contribution in [0.15, 0.2) is 60.7 Å². The van der Waals surface area contributed by atoms with E-state index in [1.165, 1.54) is 11.1 Å². The minimum Gasteiger partial charge on any atom is -0.408 e. The van der Waals surface area contributed by atoms with Crippen LogP contribution < -0.4 is 5.40 Å². The third-order valence-electron chi connectivity index (χ3n) is 2.81. The SMILES string of the molecule is N[SiH2]OCC(c1ccccc1)c1ccccc1. The molecule has 3 heteroatoms. The third-order valence-corrected chi connectivity index (χ3v) is 3.28. The second-order valence-corrected chi connectivity index (χ2v) is 4.65. The molecule has 0 aliphatic heterocycles. The van der Waals surface area contributed by atoms with Crippen molar-refractivity contribution in [2.75, 3.05) is 6.61 Å². The van der Waals surface area contributed by atoms with E-state index in [-0.39, 0.29) is 5.92 Å². The number of hydrogen-bond acceptors (Lipinski definition) is 2. The molecule has 0 radical (unpaired) electrons. The molecule has 2 N–H and O–H groups in total. The van der Waals surface area contributed by atoms with Gasteiger partial charge < -0.3 is 9.83 Å². The lowest BCUT2D eigenvalue weighted by Gasteiger charge is -2.17. The number of benzene rings is 2. The zero-order chi connectivity index (χ0) is 11.9. The summed E-state index contributed by atoms with van der Waals surface area (Å²) >= 11 is 0. The molecule has 0 fully saturated rings. The van der Waals surface area contributed by atoms with Crippen molar-refractivity contribution >= 4 is 9.92 Å². The summed E-state index contributed by atoms with van der Waals surface area (Å²) in [5.74, 6) is 0.286. The van der Waals surface area contributed by atoms with Crippen molar-refractivity contribution < 1.29 is 4.43 Å². The normalized spacial score (nSPS) is 11.4. The van der Waals surface area contributed by atoms with Gasteiger partial charge in [-0.25, -0.2) is 0 Å². The highest BCUT2D eigenvalue weighted by Gasteiger charge is 2.13. The van der Waals surface area contributed by atoms with Crippen molar-refractivity contribution in [1.82, 2.24) is 0 Å². The third kappa shape index (κ3) is 3.26. The molecule has 0 heterocycles. The maximum absolute atomic E-state index is 5.55. The molecule has 0 saturated heterocycles. The van der Waals surface area contributed by atoms with Crippen molar-refractivity contribution in [1.29, 1.82) is 0 Å². The topological polar surface area (TPSA) is 35.2 Å². The van der Waals surface area contributed by atoms with E-state index < -0.39 is 9.92 Å². The Morgan fingerprint density at radius 2 is 1.35 bits per heavy atom. The molecule has 2 aromatic rings. The van der Waals surface area contributed by atoms with E-state index in [1.807, 2.05) is 12.1 Å². The van der Waals surface area contributed by atoms with Gasteiger partial charge in [-0.05, 0) is 11.1 Å². The van der Waals surface area contributed by atoms with Gasteiger partial charge in [0, 0.05) is 12.5 Å². The van der Waals surface area contributed by atoms with Crippen LogP contribution in [0.3, 0.4) is 0 Å². The Balaban J connectivity index is 2.26. The minimum absolute atomic E-state index is 0.286. The summed E-state index contributed by atoms with van der Waals surface area (Å²) in [7, 11) is -0.839. The van der Waals surface area contributed by atoms with Crippen LogP contribution in [-0.2, 0) is 4.43 Å². The quantitative estimate of drug-likeness (QED) is 0.813. The second kappa shape index (κ2) is 6.35. The van der Waals surface area contributed by atoms with Gasteiger partial charge in [0.2, 0.25) is 9.92 Å². The molecule has 2 aromatic carbocycles. The zero-order valence-corrected chi connectivity index (χ0v) is 11.2. The van der Waals surface area contributed by atoms with Crippen LogP contribution in [0.4, 0.5) is 0 Å². The van der Waals surface area contributed by atoms with Gasteiger partial charge >= 0.3 is 0 Å². The lowest BCUT2D eigenvalue weighted by molar-refractivity contribution is 0.320. The molecule has 0 aliphatic carbocycles. The Kier molecular flexibility index (Phi) is 4.50. The first-order valence-electron chi connectivity index (χ1n) is 5.79. The van der Waals surface area contributed by atoms with Crippen molar-refractivity contribution in [3.8, 4) is 0 Å². The fourth-order valence-corrected chi connectivity index (χ4v) is 2.31. The van der Waals surface area contributed by atoms with Gasteiger partial charge in [0.25, 0.3) is 0 Å². The summed E-state index contributed by atoms with van der Waals surface area (Å²) in [6.07, 6.45) is 0. The molecule has 0 atom stereocenters. The second-order valence-electron chi connectivity index (χ2n) is 3.91. The van der Waals surface area contributed by atoms with Crippen molar-refractivity contribution in [2.45, 2.75) is 5.92 Å². The first-order chi connectivity index (χ1) is 8.42. The maximum Gasteiger partial charge on any atom is 0.233 e. The van der Waals surface area contributed by atoms with Crippen LogP contribution in [0, 0.1) is 0 Å². The lowest BCUT2D eigenvalue weighted by Crippen LogP contribution is -2.16. The molecule has 0 spiro atoms. The van der Waals surface area contributed by atoms with Gasteiger partial charge in [0.05, 0.1) is 0 Å². The smallest absolute Gasteiger partial charge is 0.233 e. The van der Waals surface area contributed by atoms with Crippen LogP contribution in [0.25, 0.3) is 0 Å². The van der Waals surface area contributed by atoms with Crippen LogP contribution in [0.2, 0.25) is 0 Å². The van der Waals surface area contributed by atoms with Crippen LogP contribution in [-0.4, -0.2) is 16.5 Å². The molecule has 2 rings (SSSR count). The molecule has 0 aliphatic rings. The van der Waals surface area contributed by atoms with Crippen molar-refractivity contribution in [3.05, 3.63) is 71.8 Å². The lowest BCUT2D eigenvalue weighted by atomic mass is 9.92. The van der Waals surface area contributed by atoms with E-state index in [1.54, 1.807) is 0 Å². The number of rotatable bonds is 5. The fourth-order valence-electron chi connectivity index (χ4n) is 1.94. The molecular formula is C14H17NOSi. The predicted molar refractivity (Wildman–Crippen MR) is 73.4 cm³/mol. The molecule has 0 aromatic heterocycles. The van der Waals surface area contributed by atoms with Crippen molar-refractivity contribution in [3.63, 3.8) is 0 Å². The average Bonchev–Trinajstić information content (AvgIpc) is 2.42. The maximum atomic E-state index is 5.55. The first kappa shape index (κ1) is 12.0. The molecule has 0 amide bonds. The Labute approximate surface area is 104 Å². The van der Waals surface area contributed by atoms with Gasteiger partial charge in [0.15, 0.2) is 0 Å². The highest BCUT2D eigenvalue weighted by atomic mass is 28.2. The standard InChI is InChI=1S/C14H17NOSi/c15-17-16-11-14(12-7-3-1-4-8-12)13-9-5-2-6-10-13/h1-10,14H,11,15,17H2. The van der Waals surface area contributed by atoms with E-state index in [4.69, 9.17) is 9.83 Å². The van der Waals surface area contributed by atoms with Gasteiger partial charge in [-0.15, -0.1) is 0 Å². The zero-order valence-electron chi connectivity index (χ0n) is 9.75. The highest BCUT2D eigenvalue weighted by molar-refractivity contribution is 6.22. The van der Waals surface area contributed by atoms with E-state index >= 15 is 0 Å². The monoisotopic (exact) mass is 243 g/mol. The van der Waals surface area contributed by atoms with Crippen LogP contribution in [0.1, 0.15) is 17.0 Å². The number of nitrogens with two attached hydrogens (primary N) is 1. The predicted octanol–water partition coefficient (Wildman–Crippen LogP) is 1.79. The summed E-state index contributed by atoms with van der Waals surface area (Å²) in [5.41, 5.74) is 2.56. The molecule has 17 heavy (non-hydrogen) atoms. The Morgan fingerprint density at radius 1 is 0.882 bits per heavy atom. The van der Waals surface area contributed by atoms with Crippen LogP contribution in [0.5, 0.6) is 0 Å². The highest BCUT2D eigenvalue weighted by Crippen LogP contribution is 2.24. The van der Waals surface area contributed by atoms with E-state index in [2.05, 4.69) is 48.5 Å². The fraction of sp³-hybridized carbons (Fsp3) is 0.143. The average molecular weight is 243 g/mol. The Morgan fingerprint density at radius 3 is 1.76 bits per heavy atom. The first-order valence-corrected chi connectivity index (χ1v) is 7.19. The molecule has 0 unspecified atom stereocenters. The van der Waals surface area contributed by atoms with E-state index in [0.29, 0.717) is 6.61 Å². The molecule has 88 valence electrons. The van der Waals surface area contributed by atoms with Gasteiger partial charge in [-0.1, -0.05) is 60.7 Å². The van der Waals surface area contributed by atoms with Gasteiger partial charge in [-0.2, -0.15) is 0 Å². The van der Waals surface area contributed by atoms with Gasteiger partial charge in [0.1, 0.15) is 0 Å². The van der Waals surface area contributed by atoms with Crippen molar-refractivity contribution in [2.24, 2.45) is 5.40 Å². The summed E-state index contributed by atoms with van der Waals surface area (Å²) in [5, 5.41) is 5.55.